The minimum absolute atomic E-state index is 0.245. The summed E-state index contributed by atoms with van der Waals surface area (Å²) in [7, 11) is 0. The number of carbonyl (C=O) groups is 3. The maximum atomic E-state index is 13.7. The highest BCUT2D eigenvalue weighted by Gasteiger charge is 2.88. The molecule has 1 fully saturated rings. The number of rotatable bonds is 4. The van der Waals surface area contributed by atoms with Gasteiger partial charge in [-0.2, -0.15) is 0 Å². The fourth-order valence-electron chi connectivity index (χ4n) is 5.01. The molecule has 3 aromatic carbocycles. The summed E-state index contributed by atoms with van der Waals surface area (Å²) >= 11 is 0. The number of aryl methyl sites for hydroxylation is 1. The molecule has 31 heavy (non-hydrogen) atoms. The van der Waals surface area contributed by atoms with Gasteiger partial charge in [0.15, 0.2) is 11.2 Å². The van der Waals surface area contributed by atoms with E-state index in [4.69, 9.17) is 4.74 Å². The molecule has 1 N–H and O–H groups in total. The van der Waals surface area contributed by atoms with Crippen molar-refractivity contribution in [2.24, 2.45) is 10.8 Å². The second-order valence-corrected chi connectivity index (χ2v) is 8.39. The summed E-state index contributed by atoms with van der Waals surface area (Å²) in [4.78, 5) is 40.6. The molecular formula is C26H21NO4. The van der Waals surface area contributed by atoms with Crippen molar-refractivity contribution in [3.8, 4) is 5.75 Å². The maximum Gasteiger partial charge on any atom is 0.328 e. The van der Waals surface area contributed by atoms with Gasteiger partial charge in [0.25, 0.3) is 0 Å². The average molecular weight is 411 g/mol. The zero-order valence-corrected chi connectivity index (χ0v) is 17.2. The number of amides is 1. The summed E-state index contributed by atoms with van der Waals surface area (Å²) in [5, 5.41) is 2.85. The molecule has 0 bridgehead atoms. The van der Waals surface area contributed by atoms with Gasteiger partial charge in [0.05, 0.1) is 5.41 Å². The molecule has 2 aliphatic rings. The van der Waals surface area contributed by atoms with Crippen LogP contribution in [-0.4, -0.2) is 17.7 Å². The molecule has 1 aliphatic heterocycles. The van der Waals surface area contributed by atoms with E-state index >= 15 is 0 Å². The van der Waals surface area contributed by atoms with E-state index in [1.165, 1.54) is 0 Å². The Morgan fingerprint density at radius 3 is 2.26 bits per heavy atom. The Kier molecular flexibility index (Phi) is 4.12. The third-order valence-corrected chi connectivity index (χ3v) is 6.68. The first-order valence-corrected chi connectivity index (χ1v) is 10.2. The molecular weight excluding hydrogens is 390 g/mol. The number of hydrogen-bond donors (Lipinski definition) is 1. The summed E-state index contributed by atoms with van der Waals surface area (Å²) in [5.74, 6) is -1.65. The highest BCUT2D eigenvalue weighted by atomic mass is 16.5. The number of para-hydroxylation sites is 1. The molecule has 3 atom stereocenters. The van der Waals surface area contributed by atoms with Gasteiger partial charge in [-0.25, -0.2) is 0 Å². The highest BCUT2D eigenvalue weighted by molar-refractivity contribution is 6.23. The molecule has 0 spiro atoms. The number of esters is 1. The minimum Gasteiger partial charge on any atom is -0.425 e. The molecule has 0 aromatic heterocycles. The second-order valence-electron chi connectivity index (χ2n) is 8.39. The van der Waals surface area contributed by atoms with Gasteiger partial charge in [0, 0.05) is 22.7 Å². The molecule has 0 saturated heterocycles. The van der Waals surface area contributed by atoms with Gasteiger partial charge in [-0.05, 0) is 32.0 Å². The van der Waals surface area contributed by atoms with Crippen molar-refractivity contribution >= 4 is 23.3 Å². The van der Waals surface area contributed by atoms with Crippen LogP contribution in [0.3, 0.4) is 0 Å². The van der Waals surface area contributed by atoms with Crippen LogP contribution in [-0.2, 0) is 9.59 Å². The number of benzene rings is 3. The molecule has 1 saturated carbocycles. The summed E-state index contributed by atoms with van der Waals surface area (Å²) in [6.45, 7) is 3.65. The lowest BCUT2D eigenvalue weighted by atomic mass is 9.86. The van der Waals surface area contributed by atoms with E-state index in [2.05, 4.69) is 5.32 Å². The van der Waals surface area contributed by atoms with Crippen LogP contribution in [0.2, 0.25) is 0 Å². The predicted octanol–water partition coefficient (Wildman–Crippen LogP) is 4.53. The van der Waals surface area contributed by atoms with Gasteiger partial charge < -0.3 is 10.1 Å². The third kappa shape index (κ3) is 2.53. The van der Waals surface area contributed by atoms with Crippen molar-refractivity contribution in [2.75, 3.05) is 5.32 Å². The number of nitrogens with one attached hydrogen (secondary N) is 1. The Hall–Kier alpha value is -3.73. The number of Topliss-reactive ketones (excluding diaryl/α,β-unsaturated/α-hetero) is 1. The molecule has 5 heteroatoms. The van der Waals surface area contributed by atoms with E-state index in [1.807, 2.05) is 37.3 Å². The van der Waals surface area contributed by atoms with E-state index in [-0.39, 0.29) is 5.78 Å². The lowest BCUT2D eigenvalue weighted by Gasteiger charge is -2.23. The SMILES string of the molecule is Cc1ccc(NC(=O)[C@@]23C(=O)Oc4ccccc4[C@@H]2[C@@]3(C)C(=O)c2ccccc2)cc1. The molecule has 5 nitrogen and oxygen atoms in total. The highest BCUT2D eigenvalue weighted by Crippen LogP contribution is 2.78. The van der Waals surface area contributed by atoms with Gasteiger partial charge in [-0.15, -0.1) is 0 Å². The topological polar surface area (TPSA) is 72.5 Å². The first-order chi connectivity index (χ1) is 14.9. The molecule has 1 amide bonds. The van der Waals surface area contributed by atoms with Crippen LogP contribution in [0.5, 0.6) is 5.75 Å². The Bertz CT molecular complexity index is 1220. The van der Waals surface area contributed by atoms with Crippen molar-refractivity contribution in [1.29, 1.82) is 0 Å². The number of ether oxygens (including phenoxy) is 1. The first-order valence-electron chi connectivity index (χ1n) is 10.2. The van der Waals surface area contributed by atoms with Crippen LogP contribution in [0, 0.1) is 17.8 Å². The van der Waals surface area contributed by atoms with E-state index < -0.39 is 28.6 Å². The summed E-state index contributed by atoms with van der Waals surface area (Å²) in [6, 6.07) is 23.2. The van der Waals surface area contributed by atoms with Crippen LogP contribution in [0.1, 0.15) is 34.3 Å². The Labute approximate surface area is 180 Å². The number of ketones is 1. The van der Waals surface area contributed by atoms with Gasteiger partial charge >= 0.3 is 5.97 Å². The normalized spacial score (nSPS) is 25.6. The largest absolute Gasteiger partial charge is 0.425 e. The first kappa shape index (κ1) is 19.2. The van der Waals surface area contributed by atoms with E-state index in [0.717, 1.165) is 5.56 Å². The fraction of sp³-hybridized carbons (Fsp3) is 0.192. The zero-order valence-electron chi connectivity index (χ0n) is 17.2. The van der Waals surface area contributed by atoms with Crippen LogP contribution in [0.4, 0.5) is 5.69 Å². The van der Waals surface area contributed by atoms with Crippen LogP contribution in [0.15, 0.2) is 78.9 Å². The van der Waals surface area contributed by atoms with Crippen molar-refractivity contribution in [2.45, 2.75) is 19.8 Å². The lowest BCUT2D eigenvalue weighted by Crippen LogP contribution is -2.42. The minimum atomic E-state index is -1.63. The standard InChI is InChI=1S/C26H21NO4/c1-16-12-14-18(15-13-16)27-23(29)26-21(19-10-6-7-11-20(19)31-24(26)30)25(26,2)22(28)17-8-4-3-5-9-17/h3-15,21H,1-2H3,(H,27,29)/t21-,25+,26-/m1/s1. The third-order valence-electron chi connectivity index (χ3n) is 6.68. The summed E-state index contributed by atoms with van der Waals surface area (Å²) < 4.78 is 5.60. The van der Waals surface area contributed by atoms with Gasteiger partial charge in [0.2, 0.25) is 5.91 Å². The molecule has 3 aromatic rings. The van der Waals surface area contributed by atoms with Crippen molar-refractivity contribution in [3.63, 3.8) is 0 Å². The number of carbonyl (C=O) groups excluding carboxylic acids is 3. The number of hydrogen-bond acceptors (Lipinski definition) is 4. The predicted molar refractivity (Wildman–Crippen MR) is 116 cm³/mol. The molecule has 0 radical (unpaired) electrons. The van der Waals surface area contributed by atoms with Gasteiger partial charge in [0.1, 0.15) is 5.75 Å². The molecule has 154 valence electrons. The van der Waals surface area contributed by atoms with Crippen LogP contribution < -0.4 is 10.1 Å². The molecule has 0 unspecified atom stereocenters. The fourth-order valence-corrected chi connectivity index (χ4v) is 5.01. The van der Waals surface area contributed by atoms with E-state index in [1.54, 1.807) is 55.5 Å². The van der Waals surface area contributed by atoms with Gasteiger partial charge in [-0.3, -0.25) is 14.4 Å². The maximum absolute atomic E-state index is 13.7. The molecule has 1 heterocycles. The van der Waals surface area contributed by atoms with Gasteiger partial charge in [-0.1, -0.05) is 66.2 Å². The smallest absolute Gasteiger partial charge is 0.328 e. The lowest BCUT2D eigenvalue weighted by molar-refractivity contribution is -0.147. The van der Waals surface area contributed by atoms with E-state index in [9.17, 15) is 14.4 Å². The van der Waals surface area contributed by atoms with Crippen molar-refractivity contribution in [1.82, 2.24) is 0 Å². The number of anilines is 1. The molecule has 1 aliphatic carbocycles. The number of fused-ring (bicyclic) bond motifs is 3. The Morgan fingerprint density at radius 2 is 1.55 bits per heavy atom. The summed E-state index contributed by atoms with van der Waals surface area (Å²) in [5.41, 5.74) is -0.0982. The van der Waals surface area contributed by atoms with Crippen LogP contribution >= 0.6 is 0 Å². The van der Waals surface area contributed by atoms with E-state index in [0.29, 0.717) is 22.6 Å². The average Bonchev–Trinajstić information content (AvgIpc) is 3.39. The van der Waals surface area contributed by atoms with Crippen molar-refractivity contribution in [3.05, 3.63) is 95.6 Å². The quantitative estimate of drug-likeness (QED) is 0.296. The van der Waals surface area contributed by atoms with Crippen LogP contribution in [0.25, 0.3) is 0 Å². The zero-order chi connectivity index (χ0) is 21.8. The monoisotopic (exact) mass is 411 g/mol. The summed E-state index contributed by atoms with van der Waals surface area (Å²) in [6.07, 6.45) is 0. The molecule has 5 rings (SSSR count). The Balaban J connectivity index is 1.63. The second kappa shape index (κ2) is 6.64. The van der Waals surface area contributed by atoms with Crippen molar-refractivity contribution < 1.29 is 19.1 Å². The Morgan fingerprint density at radius 1 is 0.903 bits per heavy atom.